The Balaban J connectivity index is 0.000000741. The molecule has 4 nitrogen and oxygen atoms in total. The number of rotatable bonds is 3. The standard InChI is InChI=1S/C11H16N2O2.2C2H6/c1-2-3-12-11(14)9-6-10-8-15-5-4-13(10)7-9;2*1-2/h6-7H,2-5,8H2,1H3,(H,12,14);2*1-2H3. The van der Waals surface area contributed by atoms with E-state index in [4.69, 9.17) is 4.74 Å². The average Bonchev–Trinajstić information content (AvgIpc) is 2.93. The third-order valence-electron chi connectivity index (χ3n) is 2.51. The number of nitrogens with zero attached hydrogens (tertiary/aromatic N) is 1. The second-order valence-electron chi connectivity index (χ2n) is 3.72. The highest BCUT2D eigenvalue weighted by molar-refractivity contribution is 5.94. The van der Waals surface area contributed by atoms with Crippen molar-refractivity contribution in [3.63, 3.8) is 0 Å². The highest BCUT2D eigenvalue weighted by Gasteiger charge is 2.14. The third-order valence-corrected chi connectivity index (χ3v) is 2.51. The van der Waals surface area contributed by atoms with Crippen LogP contribution in [0.25, 0.3) is 0 Å². The molecule has 0 aliphatic carbocycles. The zero-order chi connectivity index (χ0) is 14.7. The van der Waals surface area contributed by atoms with Gasteiger partial charge in [-0.25, -0.2) is 0 Å². The van der Waals surface area contributed by atoms with Gasteiger partial charge < -0.3 is 14.6 Å². The van der Waals surface area contributed by atoms with Crippen LogP contribution in [0.1, 0.15) is 57.1 Å². The molecular weight excluding hydrogens is 240 g/mol. The van der Waals surface area contributed by atoms with E-state index >= 15 is 0 Å². The first kappa shape index (κ1) is 17.7. The van der Waals surface area contributed by atoms with Gasteiger partial charge in [0.15, 0.2) is 0 Å². The van der Waals surface area contributed by atoms with Gasteiger partial charge in [0, 0.05) is 25.0 Å². The van der Waals surface area contributed by atoms with E-state index in [1.165, 1.54) is 0 Å². The second-order valence-corrected chi connectivity index (χ2v) is 3.72. The van der Waals surface area contributed by atoms with Crippen LogP contribution in [-0.2, 0) is 17.9 Å². The topological polar surface area (TPSA) is 43.3 Å². The molecule has 0 saturated heterocycles. The van der Waals surface area contributed by atoms with Gasteiger partial charge in [0.2, 0.25) is 0 Å². The smallest absolute Gasteiger partial charge is 0.252 e. The zero-order valence-electron chi connectivity index (χ0n) is 13.0. The van der Waals surface area contributed by atoms with Crippen LogP contribution in [0.15, 0.2) is 12.3 Å². The van der Waals surface area contributed by atoms with Crippen LogP contribution < -0.4 is 5.32 Å². The third kappa shape index (κ3) is 5.47. The predicted molar refractivity (Wildman–Crippen MR) is 79.4 cm³/mol. The zero-order valence-corrected chi connectivity index (χ0v) is 13.0. The molecule has 0 bridgehead atoms. The van der Waals surface area contributed by atoms with Gasteiger partial charge in [0.1, 0.15) is 0 Å². The molecule has 0 saturated carbocycles. The Hall–Kier alpha value is -1.29. The summed E-state index contributed by atoms with van der Waals surface area (Å²) in [6.07, 6.45) is 2.87. The molecule has 1 aliphatic heterocycles. The normalized spacial score (nSPS) is 12.3. The number of aromatic nitrogens is 1. The number of nitrogens with one attached hydrogen (secondary N) is 1. The van der Waals surface area contributed by atoms with Crippen LogP contribution in [0, 0.1) is 0 Å². The van der Waals surface area contributed by atoms with Crippen molar-refractivity contribution in [3.05, 3.63) is 23.5 Å². The molecular formula is C15H28N2O2. The first-order chi connectivity index (χ1) is 9.31. The molecule has 0 spiro atoms. The van der Waals surface area contributed by atoms with Crippen molar-refractivity contribution in [2.24, 2.45) is 0 Å². The summed E-state index contributed by atoms with van der Waals surface area (Å²) in [5.74, 6) is 0.0127. The van der Waals surface area contributed by atoms with Crippen LogP contribution in [0.4, 0.5) is 0 Å². The summed E-state index contributed by atoms with van der Waals surface area (Å²) in [4.78, 5) is 11.7. The number of amides is 1. The molecule has 0 fully saturated rings. The number of hydrogen-bond acceptors (Lipinski definition) is 2. The molecule has 0 radical (unpaired) electrons. The number of hydrogen-bond donors (Lipinski definition) is 1. The van der Waals surface area contributed by atoms with Crippen LogP contribution in [0.5, 0.6) is 0 Å². The van der Waals surface area contributed by atoms with Gasteiger partial charge in [-0.1, -0.05) is 34.6 Å². The molecule has 1 aliphatic rings. The van der Waals surface area contributed by atoms with E-state index in [2.05, 4.69) is 9.88 Å². The lowest BCUT2D eigenvalue weighted by Crippen LogP contribution is -2.23. The number of fused-ring (bicyclic) bond motifs is 1. The van der Waals surface area contributed by atoms with Crippen molar-refractivity contribution in [3.8, 4) is 0 Å². The molecule has 0 atom stereocenters. The van der Waals surface area contributed by atoms with Crippen LogP contribution in [0.2, 0.25) is 0 Å². The molecule has 1 N–H and O–H groups in total. The van der Waals surface area contributed by atoms with Crippen molar-refractivity contribution in [2.45, 2.75) is 54.2 Å². The number of carbonyl (C=O) groups excluding carboxylic acids is 1. The molecule has 19 heavy (non-hydrogen) atoms. The summed E-state index contributed by atoms with van der Waals surface area (Å²) in [5, 5.41) is 2.86. The Morgan fingerprint density at radius 1 is 1.37 bits per heavy atom. The fraction of sp³-hybridized carbons (Fsp3) is 0.667. The first-order valence-electron chi connectivity index (χ1n) is 7.36. The van der Waals surface area contributed by atoms with Gasteiger partial charge in [-0.2, -0.15) is 0 Å². The molecule has 4 heteroatoms. The van der Waals surface area contributed by atoms with Gasteiger partial charge >= 0.3 is 0 Å². The van der Waals surface area contributed by atoms with Gasteiger partial charge in [0.05, 0.1) is 18.8 Å². The Kier molecular flexibility index (Phi) is 9.90. The van der Waals surface area contributed by atoms with Crippen molar-refractivity contribution < 1.29 is 9.53 Å². The Morgan fingerprint density at radius 2 is 2.05 bits per heavy atom. The predicted octanol–water partition coefficient (Wildman–Crippen LogP) is 3.21. The van der Waals surface area contributed by atoms with E-state index in [0.717, 1.165) is 37.4 Å². The van der Waals surface area contributed by atoms with Gasteiger partial charge in [0.25, 0.3) is 5.91 Å². The molecule has 2 rings (SSSR count). The minimum Gasteiger partial charge on any atom is -0.373 e. The Labute approximate surface area is 117 Å². The lowest BCUT2D eigenvalue weighted by Gasteiger charge is -2.14. The van der Waals surface area contributed by atoms with E-state index < -0.39 is 0 Å². The van der Waals surface area contributed by atoms with Crippen molar-refractivity contribution in [1.82, 2.24) is 9.88 Å². The fourth-order valence-electron chi connectivity index (χ4n) is 1.69. The second kappa shape index (κ2) is 10.6. The molecule has 1 aromatic rings. The minimum atomic E-state index is 0.0127. The summed E-state index contributed by atoms with van der Waals surface area (Å²) < 4.78 is 7.41. The van der Waals surface area contributed by atoms with Crippen LogP contribution in [0.3, 0.4) is 0 Å². The summed E-state index contributed by atoms with van der Waals surface area (Å²) in [7, 11) is 0. The van der Waals surface area contributed by atoms with Crippen molar-refractivity contribution in [2.75, 3.05) is 13.2 Å². The molecule has 2 heterocycles. The summed E-state index contributed by atoms with van der Waals surface area (Å²) >= 11 is 0. The Morgan fingerprint density at radius 3 is 2.63 bits per heavy atom. The quantitative estimate of drug-likeness (QED) is 0.914. The van der Waals surface area contributed by atoms with E-state index in [1.54, 1.807) is 0 Å². The Bertz CT molecular complexity index is 336. The monoisotopic (exact) mass is 268 g/mol. The number of ether oxygens (including phenoxy) is 1. The van der Waals surface area contributed by atoms with E-state index in [0.29, 0.717) is 6.61 Å². The highest BCUT2D eigenvalue weighted by Crippen LogP contribution is 2.13. The van der Waals surface area contributed by atoms with Crippen molar-refractivity contribution >= 4 is 5.91 Å². The van der Waals surface area contributed by atoms with E-state index in [1.807, 2.05) is 46.9 Å². The summed E-state index contributed by atoms with van der Waals surface area (Å²) in [5.41, 5.74) is 1.83. The maximum atomic E-state index is 11.7. The fourth-order valence-corrected chi connectivity index (χ4v) is 1.69. The van der Waals surface area contributed by atoms with Gasteiger partial charge in [-0.3, -0.25) is 4.79 Å². The van der Waals surface area contributed by atoms with Crippen LogP contribution in [-0.4, -0.2) is 23.6 Å². The maximum Gasteiger partial charge on any atom is 0.252 e. The van der Waals surface area contributed by atoms with Crippen LogP contribution >= 0.6 is 0 Å². The average molecular weight is 268 g/mol. The molecule has 1 amide bonds. The molecule has 1 aromatic heterocycles. The van der Waals surface area contributed by atoms with E-state index in [9.17, 15) is 4.79 Å². The lowest BCUT2D eigenvalue weighted by atomic mass is 10.3. The minimum absolute atomic E-state index is 0.0127. The maximum absolute atomic E-state index is 11.7. The van der Waals surface area contributed by atoms with Gasteiger partial charge in [-0.15, -0.1) is 0 Å². The van der Waals surface area contributed by atoms with Crippen molar-refractivity contribution in [1.29, 1.82) is 0 Å². The molecule has 0 unspecified atom stereocenters. The summed E-state index contributed by atoms with van der Waals surface area (Å²) in [6.45, 7) is 13.0. The molecule has 0 aromatic carbocycles. The highest BCUT2D eigenvalue weighted by atomic mass is 16.5. The lowest BCUT2D eigenvalue weighted by molar-refractivity contribution is 0.0850. The summed E-state index contributed by atoms with van der Waals surface area (Å²) in [6, 6.07) is 1.91. The van der Waals surface area contributed by atoms with E-state index in [-0.39, 0.29) is 5.91 Å². The van der Waals surface area contributed by atoms with Gasteiger partial charge in [-0.05, 0) is 12.5 Å². The largest absolute Gasteiger partial charge is 0.373 e. The SMILES string of the molecule is CC.CC.CCCNC(=O)c1cc2n(c1)CCOC2. The molecule has 110 valence electrons. The first-order valence-corrected chi connectivity index (χ1v) is 7.36. The number of carbonyl (C=O) groups is 1.